The molecule has 0 amide bonds. The number of hydrogen-bond donors (Lipinski definition) is 1. The molecule has 0 spiro atoms. The molecule has 0 unspecified atom stereocenters. The van der Waals surface area contributed by atoms with Crippen molar-refractivity contribution in [2.75, 3.05) is 5.73 Å². The van der Waals surface area contributed by atoms with E-state index in [1.54, 1.807) is 16.9 Å². The minimum absolute atomic E-state index is 0.429. The highest BCUT2D eigenvalue weighted by molar-refractivity contribution is 9.10. The van der Waals surface area contributed by atoms with Crippen LogP contribution in [0.2, 0.25) is 0 Å². The summed E-state index contributed by atoms with van der Waals surface area (Å²) in [5.74, 6) is 0.933. The van der Waals surface area contributed by atoms with Crippen LogP contribution in [0.15, 0.2) is 39.6 Å². The van der Waals surface area contributed by atoms with Gasteiger partial charge in [-0.2, -0.15) is 10.1 Å². The van der Waals surface area contributed by atoms with Crippen LogP contribution in [0.1, 0.15) is 0 Å². The molecule has 2 heterocycles. The molecule has 3 aromatic rings. The summed E-state index contributed by atoms with van der Waals surface area (Å²) in [6.07, 6.45) is 3.51. The normalized spacial score (nSPS) is 10.8. The molecule has 3 rings (SSSR count). The molecule has 7 heteroatoms. The fourth-order valence-electron chi connectivity index (χ4n) is 1.67. The van der Waals surface area contributed by atoms with Gasteiger partial charge in [-0.25, -0.2) is 0 Å². The maximum atomic E-state index is 5.83. The Labute approximate surface area is 117 Å². The van der Waals surface area contributed by atoms with Crippen LogP contribution in [0.3, 0.4) is 0 Å². The van der Waals surface area contributed by atoms with Gasteiger partial charge in [0.2, 0.25) is 5.82 Å². The number of aromatic nitrogens is 4. The molecular formula is C12H10BrN5O. The van der Waals surface area contributed by atoms with Crippen molar-refractivity contribution >= 4 is 21.6 Å². The number of halogens is 1. The number of nitrogen functional groups attached to an aromatic ring is 1. The molecule has 0 aliphatic heterocycles. The Morgan fingerprint density at radius 3 is 2.84 bits per heavy atom. The maximum Gasteiger partial charge on any atom is 0.258 e. The van der Waals surface area contributed by atoms with Gasteiger partial charge in [0.15, 0.2) is 0 Å². The Morgan fingerprint density at radius 2 is 2.16 bits per heavy atom. The van der Waals surface area contributed by atoms with Crippen molar-refractivity contribution in [3.63, 3.8) is 0 Å². The van der Waals surface area contributed by atoms with Crippen molar-refractivity contribution in [3.8, 4) is 22.8 Å². The standard InChI is InChI=1S/C12H10BrN5O/c1-18-6-8(5-15-18)11-16-12(19-17-11)7-2-3-9(13)10(14)4-7/h2-6H,14H2,1H3. The predicted octanol–water partition coefficient (Wildman–Crippen LogP) is 2.48. The average molecular weight is 320 g/mol. The summed E-state index contributed by atoms with van der Waals surface area (Å²) in [7, 11) is 1.83. The van der Waals surface area contributed by atoms with Gasteiger partial charge in [0.25, 0.3) is 5.89 Å². The van der Waals surface area contributed by atoms with Crippen LogP contribution in [-0.4, -0.2) is 19.9 Å². The zero-order valence-electron chi connectivity index (χ0n) is 10.0. The average Bonchev–Trinajstić information content (AvgIpc) is 3.01. The molecule has 2 N–H and O–H groups in total. The molecule has 0 saturated carbocycles. The summed E-state index contributed by atoms with van der Waals surface area (Å²) in [4.78, 5) is 4.33. The molecule has 0 radical (unpaired) electrons. The van der Waals surface area contributed by atoms with Crippen molar-refractivity contribution in [2.45, 2.75) is 0 Å². The highest BCUT2D eigenvalue weighted by Gasteiger charge is 2.12. The number of aryl methyl sites for hydroxylation is 1. The van der Waals surface area contributed by atoms with E-state index in [-0.39, 0.29) is 0 Å². The van der Waals surface area contributed by atoms with Crippen molar-refractivity contribution < 1.29 is 4.52 Å². The number of nitrogens with zero attached hydrogens (tertiary/aromatic N) is 4. The third-order valence-electron chi connectivity index (χ3n) is 2.63. The van der Waals surface area contributed by atoms with Crippen LogP contribution in [0.5, 0.6) is 0 Å². The summed E-state index contributed by atoms with van der Waals surface area (Å²) >= 11 is 3.34. The van der Waals surface area contributed by atoms with Crippen LogP contribution < -0.4 is 5.73 Å². The molecule has 0 aliphatic carbocycles. The topological polar surface area (TPSA) is 82.8 Å². The van der Waals surface area contributed by atoms with E-state index in [0.717, 1.165) is 15.6 Å². The number of benzene rings is 1. The van der Waals surface area contributed by atoms with E-state index in [9.17, 15) is 0 Å². The van der Waals surface area contributed by atoms with Gasteiger partial charge in [-0.15, -0.1) is 0 Å². The predicted molar refractivity (Wildman–Crippen MR) is 74.0 cm³/mol. The number of nitrogens with two attached hydrogens (primary N) is 1. The summed E-state index contributed by atoms with van der Waals surface area (Å²) in [5.41, 5.74) is 8.04. The molecule has 1 aromatic carbocycles. The second-order valence-electron chi connectivity index (χ2n) is 4.06. The fourth-order valence-corrected chi connectivity index (χ4v) is 1.92. The minimum atomic E-state index is 0.429. The Morgan fingerprint density at radius 1 is 1.32 bits per heavy atom. The maximum absolute atomic E-state index is 5.83. The zero-order valence-corrected chi connectivity index (χ0v) is 11.6. The number of hydrogen-bond acceptors (Lipinski definition) is 5. The second-order valence-corrected chi connectivity index (χ2v) is 4.92. The van der Waals surface area contributed by atoms with Gasteiger partial charge in [0.1, 0.15) is 0 Å². The van der Waals surface area contributed by atoms with Crippen molar-refractivity contribution in [3.05, 3.63) is 35.1 Å². The first kappa shape index (κ1) is 11.9. The van der Waals surface area contributed by atoms with E-state index in [4.69, 9.17) is 10.3 Å². The van der Waals surface area contributed by atoms with Crippen LogP contribution in [0.25, 0.3) is 22.8 Å². The summed E-state index contributed by atoms with van der Waals surface area (Å²) in [6.45, 7) is 0. The van der Waals surface area contributed by atoms with Crippen LogP contribution in [-0.2, 0) is 7.05 Å². The molecule has 0 saturated heterocycles. The Bertz CT molecular complexity index is 733. The quantitative estimate of drug-likeness (QED) is 0.734. The first-order chi connectivity index (χ1) is 9.13. The van der Waals surface area contributed by atoms with Crippen LogP contribution >= 0.6 is 15.9 Å². The fraction of sp³-hybridized carbons (Fsp3) is 0.0833. The van der Waals surface area contributed by atoms with Gasteiger partial charge >= 0.3 is 0 Å². The van der Waals surface area contributed by atoms with E-state index in [1.807, 2.05) is 25.4 Å². The molecule has 0 bridgehead atoms. The lowest BCUT2D eigenvalue weighted by Crippen LogP contribution is -1.87. The smallest absolute Gasteiger partial charge is 0.258 e. The molecule has 6 nitrogen and oxygen atoms in total. The van der Waals surface area contributed by atoms with Gasteiger partial charge in [-0.05, 0) is 34.1 Å². The van der Waals surface area contributed by atoms with E-state index >= 15 is 0 Å². The van der Waals surface area contributed by atoms with Crippen molar-refractivity contribution in [1.82, 2.24) is 19.9 Å². The molecule has 19 heavy (non-hydrogen) atoms. The lowest BCUT2D eigenvalue weighted by molar-refractivity contribution is 0.432. The molecule has 96 valence electrons. The highest BCUT2D eigenvalue weighted by Crippen LogP contribution is 2.27. The Balaban J connectivity index is 1.98. The summed E-state index contributed by atoms with van der Waals surface area (Å²) < 4.78 is 7.76. The van der Waals surface area contributed by atoms with E-state index in [0.29, 0.717) is 17.4 Å². The molecule has 2 aromatic heterocycles. The summed E-state index contributed by atoms with van der Waals surface area (Å²) in [5, 5.41) is 8.01. The molecule has 0 aliphatic rings. The molecular weight excluding hydrogens is 310 g/mol. The monoisotopic (exact) mass is 319 g/mol. The largest absolute Gasteiger partial charge is 0.398 e. The van der Waals surface area contributed by atoms with E-state index in [1.165, 1.54) is 0 Å². The number of rotatable bonds is 2. The third kappa shape index (κ3) is 2.24. The number of anilines is 1. The van der Waals surface area contributed by atoms with Gasteiger partial charge in [-0.1, -0.05) is 5.16 Å². The van der Waals surface area contributed by atoms with Crippen LogP contribution in [0.4, 0.5) is 5.69 Å². The summed E-state index contributed by atoms with van der Waals surface area (Å²) in [6, 6.07) is 5.49. The second kappa shape index (κ2) is 4.51. The first-order valence-electron chi connectivity index (χ1n) is 5.51. The lowest BCUT2D eigenvalue weighted by Gasteiger charge is -1.99. The van der Waals surface area contributed by atoms with E-state index < -0.39 is 0 Å². The Kier molecular flexibility index (Phi) is 2.83. The SMILES string of the molecule is Cn1cc(-c2noc(-c3ccc(Br)c(N)c3)n2)cn1. The van der Waals surface area contributed by atoms with Gasteiger partial charge in [0, 0.05) is 29.0 Å². The van der Waals surface area contributed by atoms with Gasteiger partial charge in [-0.3, -0.25) is 4.68 Å². The van der Waals surface area contributed by atoms with Gasteiger partial charge < -0.3 is 10.3 Å². The van der Waals surface area contributed by atoms with Gasteiger partial charge in [0.05, 0.1) is 11.8 Å². The van der Waals surface area contributed by atoms with E-state index in [2.05, 4.69) is 31.2 Å². The lowest BCUT2D eigenvalue weighted by atomic mass is 10.2. The first-order valence-corrected chi connectivity index (χ1v) is 6.31. The zero-order chi connectivity index (χ0) is 13.4. The minimum Gasteiger partial charge on any atom is -0.398 e. The molecule has 0 fully saturated rings. The highest BCUT2D eigenvalue weighted by atomic mass is 79.9. The third-order valence-corrected chi connectivity index (χ3v) is 3.35. The Hall–Kier alpha value is -2.15. The van der Waals surface area contributed by atoms with Crippen molar-refractivity contribution in [1.29, 1.82) is 0 Å². The molecule has 0 atom stereocenters. The van der Waals surface area contributed by atoms with Crippen molar-refractivity contribution in [2.24, 2.45) is 7.05 Å². The van der Waals surface area contributed by atoms with Crippen LogP contribution in [0, 0.1) is 0 Å².